The van der Waals surface area contributed by atoms with Crippen molar-refractivity contribution in [1.82, 2.24) is 0 Å². The van der Waals surface area contributed by atoms with E-state index in [-0.39, 0.29) is 10.0 Å². The van der Waals surface area contributed by atoms with Crippen molar-refractivity contribution in [3.8, 4) is 0 Å². The molecule has 0 heterocycles. The molecule has 1 heteroatoms. The predicted octanol–water partition coefficient (Wildman–Crippen LogP) is 4.92. The van der Waals surface area contributed by atoms with Gasteiger partial charge in [0, 0.05) is 0 Å². The van der Waals surface area contributed by atoms with Gasteiger partial charge in [-0.1, -0.05) is 47.5 Å². The van der Waals surface area contributed by atoms with Gasteiger partial charge in [0.25, 0.3) is 0 Å². The van der Waals surface area contributed by atoms with Crippen LogP contribution >= 0.6 is 10.0 Å². The Labute approximate surface area is 99.5 Å². The molecule has 15 heavy (non-hydrogen) atoms. The highest BCUT2D eigenvalue weighted by Gasteiger charge is 2.19. The average Bonchev–Trinajstić information content (AvgIpc) is 2.29. The molecule has 0 amide bonds. The first-order chi connectivity index (χ1) is 7.02. The first-order valence-electron chi connectivity index (χ1n) is 6.74. The van der Waals surface area contributed by atoms with Crippen LogP contribution < -0.4 is 0 Å². The van der Waals surface area contributed by atoms with Crippen LogP contribution in [0.2, 0.25) is 0 Å². The lowest BCUT2D eigenvalue weighted by molar-refractivity contribution is 0.330. The summed E-state index contributed by atoms with van der Waals surface area (Å²) in [7, 11) is -0.262. The second-order valence-electron chi connectivity index (χ2n) is 5.10. The molecule has 0 aromatic heterocycles. The molecule has 0 aromatic rings. The van der Waals surface area contributed by atoms with Crippen molar-refractivity contribution in [2.45, 2.75) is 53.9 Å². The van der Waals surface area contributed by atoms with E-state index in [0.717, 1.165) is 11.8 Å². The van der Waals surface area contributed by atoms with E-state index in [9.17, 15) is 0 Å². The molecule has 0 bridgehead atoms. The molecular formula is C14H32S. The minimum absolute atomic E-state index is 0.262. The second kappa shape index (κ2) is 7.60. The molecular weight excluding hydrogens is 200 g/mol. The maximum atomic E-state index is 2.54. The van der Waals surface area contributed by atoms with Crippen LogP contribution in [0.5, 0.6) is 0 Å². The van der Waals surface area contributed by atoms with E-state index >= 15 is 0 Å². The van der Waals surface area contributed by atoms with Crippen LogP contribution in [0.1, 0.15) is 53.9 Å². The zero-order valence-electron chi connectivity index (χ0n) is 11.8. The normalized spacial score (nSPS) is 17.5. The van der Waals surface area contributed by atoms with Gasteiger partial charge in [-0.05, 0) is 41.8 Å². The molecule has 94 valence electrons. The minimum atomic E-state index is -0.262. The van der Waals surface area contributed by atoms with E-state index in [1.54, 1.807) is 0 Å². The standard InChI is InChI=1S/C14H32S/c1-7-13(5)14(8-2)11-12-15(6,9-3)10-4/h13-14H,7-12H2,1-6H3. The monoisotopic (exact) mass is 232 g/mol. The fourth-order valence-electron chi connectivity index (χ4n) is 2.15. The van der Waals surface area contributed by atoms with Crippen LogP contribution in [0.4, 0.5) is 0 Å². The highest BCUT2D eigenvalue weighted by atomic mass is 32.3. The lowest BCUT2D eigenvalue weighted by Crippen LogP contribution is -2.16. The molecule has 0 saturated carbocycles. The molecule has 2 unspecified atom stereocenters. The smallest absolute Gasteiger partial charge is 0.0228 e. The van der Waals surface area contributed by atoms with Gasteiger partial charge in [-0.3, -0.25) is 0 Å². The summed E-state index contributed by atoms with van der Waals surface area (Å²) in [4.78, 5) is 0. The quantitative estimate of drug-likeness (QED) is 0.557. The molecule has 0 nitrogen and oxygen atoms in total. The van der Waals surface area contributed by atoms with Crippen molar-refractivity contribution < 1.29 is 0 Å². The third kappa shape index (κ3) is 5.29. The Kier molecular flexibility index (Phi) is 7.77. The van der Waals surface area contributed by atoms with Gasteiger partial charge >= 0.3 is 0 Å². The molecule has 0 saturated heterocycles. The fraction of sp³-hybridized carbons (Fsp3) is 1.00. The Bertz CT molecular complexity index is 149. The van der Waals surface area contributed by atoms with Crippen LogP contribution in [-0.2, 0) is 0 Å². The summed E-state index contributed by atoms with van der Waals surface area (Å²) in [6.45, 7) is 11.9. The van der Waals surface area contributed by atoms with Crippen LogP contribution in [0.25, 0.3) is 0 Å². The van der Waals surface area contributed by atoms with E-state index < -0.39 is 0 Å². The minimum Gasteiger partial charge on any atom is -0.244 e. The van der Waals surface area contributed by atoms with Gasteiger partial charge in [0.2, 0.25) is 0 Å². The maximum Gasteiger partial charge on any atom is -0.0228 e. The maximum absolute atomic E-state index is 2.54. The molecule has 0 aliphatic heterocycles. The zero-order valence-corrected chi connectivity index (χ0v) is 12.6. The third-order valence-electron chi connectivity index (χ3n) is 4.35. The Balaban J connectivity index is 4.09. The number of hydrogen-bond acceptors (Lipinski definition) is 0. The van der Waals surface area contributed by atoms with Crippen LogP contribution in [-0.4, -0.2) is 23.5 Å². The largest absolute Gasteiger partial charge is 0.244 e. The van der Waals surface area contributed by atoms with Gasteiger partial charge in [-0.25, -0.2) is 10.0 Å². The average molecular weight is 232 g/mol. The lowest BCUT2D eigenvalue weighted by Gasteiger charge is -2.36. The molecule has 0 aliphatic rings. The molecule has 0 rings (SSSR count). The summed E-state index contributed by atoms with van der Waals surface area (Å²) >= 11 is 0. The first-order valence-corrected chi connectivity index (χ1v) is 9.29. The van der Waals surface area contributed by atoms with Crippen molar-refractivity contribution in [2.75, 3.05) is 23.5 Å². The third-order valence-corrected chi connectivity index (χ3v) is 8.36. The summed E-state index contributed by atoms with van der Waals surface area (Å²) in [5, 5.41) is 0. The molecule has 0 N–H and O–H groups in total. The summed E-state index contributed by atoms with van der Waals surface area (Å²) in [5.74, 6) is 6.23. The van der Waals surface area contributed by atoms with Crippen LogP contribution in [0, 0.1) is 11.8 Å². The first kappa shape index (κ1) is 15.3. The van der Waals surface area contributed by atoms with Crippen molar-refractivity contribution in [3.05, 3.63) is 0 Å². The molecule has 0 spiro atoms. The van der Waals surface area contributed by atoms with Crippen LogP contribution in [0.3, 0.4) is 0 Å². The highest BCUT2D eigenvalue weighted by molar-refractivity contribution is 8.33. The van der Waals surface area contributed by atoms with Gasteiger partial charge < -0.3 is 0 Å². The molecule has 0 fully saturated rings. The Hall–Kier alpha value is 0.350. The van der Waals surface area contributed by atoms with E-state index in [0.29, 0.717) is 0 Å². The SMILES string of the molecule is CCC(C)C(CC)CCS(C)(CC)CC. The summed E-state index contributed by atoms with van der Waals surface area (Å²) in [5.41, 5.74) is 0. The van der Waals surface area contributed by atoms with Crippen molar-refractivity contribution >= 4 is 10.0 Å². The lowest BCUT2D eigenvalue weighted by atomic mass is 9.88. The van der Waals surface area contributed by atoms with E-state index in [4.69, 9.17) is 0 Å². The van der Waals surface area contributed by atoms with Gasteiger partial charge in [-0.2, -0.15) is 0 Å². The fourth-order valence-corrected chi connectivity index (χ4v) is 4.01. The van der Waals surface area contributed by atoms with E-state index in [2.05, 4.69) is 40.9 Å². The van der Waals surface area contributed by atoms with Gasteiger partial charge in [0.15, 0.2) is 0 Å². The highest BCUT2D eigenvalue weighted by Crippen LogP contribution is 2.45. The van der Waals surface area contributed by atoms with Crippen molar-refractivity contribution in [2.24, 2.45) is 11.8 Å². The number of rotatable bonds is 8. The summed E-state index contributed by atoms with van der Waals surface area (Å²) in [6.07, 6.45) is 6.73. The Morgan fingerprint density at radius 3 is 1.80 bits per heavy atom. The molecule has 2 atom stereocenters. The van der Waals surface area contributed by atoms with Gasteiger partial charge in [0.1, 0.15) is 0 Å². The van der Waals surface area contributed by atoms with E-state index in [1.165, 1.54) is 36.5 Å². The number of hydrogen-bond donors (Lipinski definition) is 0. The van der Waals surface area contributed by atoms with Crippen molar-refractivity contribution in [1.29, 1.82) is 0 Å². The van der Waals surface area contributed by atoms with Gasteiger partial charge in [-0.15, -0.1) is 0 Å². The second-order valence-corrected chi connectivity index (χ2v) is 9.62. The van der Waals surface area contributed by atoms with Crippen LogP contribution in [0.15, 0.2) is 0 Å². The predicted molar refractivity (Wildman–Crippen MR) is 77.3 cm³/mol. The molecule has 0 radical (unpaired) electrons. The summed E-state index contributed by atoms with van der Waals surface area (Å²) in [6, 6.07) is 0. The molecule has 0 aliphatic carbocycles. The Morgan fingerprint density at radius 2 is 1.47 bits per heavy atom. The zero-order chi connectivity index (χ0) is 11.9. The van der Waals surface area contributed by atoms with E-state index in [1.807, 2.05) is 0 Å². The van der Waals surface area contributed by atoms with Crippen molar-refractivity contribution in [3.63, 3.8) is 0 Å². The topological polar surface area (TPSA) is 0 Å². The van der Waals surface area contributed by atoms with Gasteiger partial charge in [0.05, 0.1) is 0 Å². The summed E-state index contributed by atoms with van der Waals surface area (Å²) < 4.78 is 0. The Morgan fingerprint density at radius 1 is 0.933 bits per heavy atom. The molecule has 0 aromatic carbocycles.